The number of halogens is 4. The number of ether oxygens (including phenoxy) is 2. The number of hydrogen-bond acceptors (Lipinski definition) is 3. The Kier molecular flexibility index (Phi) is 5.23. The minimum Gasteiger partial charge on any atom is -0.493 e. The van der Waals surface area contributed by atoms with Crippen LogP contribution >= 0.6 is 12.4 Å². The van der Waals surface area contributed by atoms with Gasteiger partial charge in [-0.3, -0.25) is 0 Å². The van der Waals surface area contributed by atoms with Gasteiger partial charge < -0.3 is 14.8 Å². The minimum absolute atomic E-state index is 0. The molecule has 0 bridgehead atoms. The van der Waals surface area contributed by atoms with Crippen molar-refractivity contribution in [1.29, 1.82) is 0 Å². The summed E-state index contributed by atoms with van der Waals surface area (Å²) < 4.78 is 44.5. The molecule has 0 amide bonds. The molecule has 16 heavy (non-hydrogen) atoms. The Hall–Kier alpha value is -1.30. The van der Waals surface area contributed by atoms with Crippen LogP contribution < -0.4 is 14.8 Å². The maximum atomic E-state index is 12.0. The molecular weight excluding hydrogens is 247 g/mol. The summed E-state index contributed by atoms with van der Waals surface area (Å²) in [6.07, 6.45) is -4.72. The molecular formula is C9H11ClF3NO2. The molecule has 1 aromatic rings. The highest BCUT2D eigenvalue weighted by Gasteiger charge is 2.32. The first-order chi connectivity index (χ1) is 6.96. The number of hydrogen-bond donors (Lipinski definition) is 1. The molecule has 0 radical (unpaired) electrons. The van der Waals surface area contributed by atoms with E-state index in [0.29, 0.717) is 5.69 Å². The number of methoxy groups -OCH3 is 1. The van der Waals surface area contributed by atoms with E-state index < -0.39 is 6.36 Å². The Labute approximate surface area is 97.0 Å². The highest BCUT2D eigenvalue weighted by Crippen LogP contribution is 2.34. The standard InChI is InChI=1S/C9H10F3NO2.ClH/c1-13-6-3-4-7(14-2)8(5-6)15-9(10,11)12;/h3-5,13H,1-2H3;1H. The van der Waals surface area contributed by atoms with Crippen LogP contribution in [0.3, 0.4) is 0 Å². The van der Waals surface area contributed by atoms with E-state index in [-0.39, 0.29) is 23.9 Å². The van der Waals surface area contributed by atoms with E-state index in [2.05, 4.69) is 10.1 Å². The molecule has 0 aliphatic carbocycles. The average molecular weight is 258 g/mol. The molecule has 0 saturated carbocycles. The smallest absolute Gasteiger partial charge is 0.493 e. The highest BCUT2D eigenvalue weighted by atomic mass is 35.5. The minimum atomic E-state index is -4.72. The summed E-state index contributed by atoms with van der Waals surface area (Å²) in [5, 5.41) is 2.70. The van der Waals surface area contributed by atoms with Crippen molar-refractivity contribution in [2.75, 3.05) is 19.5 Å². The van der Waals surface area contributed by atoms with Gasteiger partial charge in [0.25, 0.3) is 0 Å². The molecule has 0 spiro atoms. The molecule has 1 aromatic carbocycles. The molecule has 0 aliphatic rings. The van der Waals surface area contributed by atoms with E-state index in [4.69, 9.17) is 4.74 Å². The fourth-order valence-corrected chi connectivity index (χ4v) is 1.04. The fourth-order valence-electron chi connectivity index (χ4n) is 1.04. The first-order valence-corrected chi connectivity index (χ1v) is 4.08. The number of nitrogens with one attached hydrogen (secondary N) is 1. The predicted octanol–water partition coefficient (Wildman–Crippen LogP) is 3.06. The molecule has 0 unspecified atom stereocenters. The molecule has 0 aliphatic heterocycles. The third-order valence-electron chi connectivity index (χ3n) is 1.68. The second-order valence-electron chi connectivity index (χ2n) is 2.66. The van der Waals surface area contributed by atoms with E-state index in [1.807, 2.05) is 0 Å². The van der Waals surface area contributed by atoms with Gasteiger partial charge in [-0.2, -0.15) is 0 Å². The Bertz CT molecular complexity index is 344. The summed E-state index contributed by atoms with van der Waals surface area (Å²) in [7, 11) is 2.87. The SMILES string of the molecule is CNc1ccc(OC)c(OC(F)(F)F)c1.Cl. The van der Waals surface area contributed by atoms with Gasteiger partial charge in [-0.25, -0.2) is 0 Å². The van der Waals surface area contributed by atoms with Crippen molar-refractivity contribution in [3.63, 3.8) is 0 Å². The van der Waals surface area contributed by atoms with Gasteiger partial charge in [0.2, 0.25) is 0 Å². The maximum Gasteiger partial charge on any atom is 0.573 e. The van der Waals surface area contributed by atoms with Crippen LogP contribution in [0.15, 0.2) is 18.2 Å². The monoisotopic (exact) mass is 257 g/mol. The molecule has 92 valence electrons. The normalized spacial score (nSPS) is 10.3. The maximum absolute atomic E-state index is 12.0. The topological polar surface area (TPSA) is 30.5 Å². The highest BCUT2D eigenvalue weighted by molar-refractivity contribution is 5.85. The lowest BCUT2D eigenvalue weighted by Crippen LogP contribution is -2.17. The van der Waals surface area contributed by atoms with Crippen LogP contribution in [-0.2, 0) is 0 Å². The third kappa shape index (κ3) is 4.06. The average Bonchev–Trinajstić information content (AvgIpc) is 2.15. The molecule has 1 N–H and O–H groups in total. The molecule has 3 nitrogen and oxygen atoms in total. The molecule has 0 fully saturated rings. The van der Waals surface area contributed by atoms with Crippen LogP contribution in [0.5, 0.6) is 11.5 Å². The van der Waals surface area contributed by atoms with Crippen molar-refractivity contribution >= 4 is 18.1 Å². The summed E-state index contributed by atoms with van der Waals surface area (Å²) >= 11 is 0. The van der Waals surface area contributed by atoms with Gasteiger partial charge in [-0.15, -0.1) is 25.6 Å². The first kappa shape index (κ1) is 14.7. The summed E-state index contributed by atoms with van der Waals surface area (Å²) in [6, 6.07) is 4.20. The molecule has 0 aromatic heterocycles. The molecule has 0 atom stereocenters. The number of benzene rings is 1. The number of alkyl halides is 3. The van der Waals surface area contributed by atoms with Crippen molar-refractivity contribution in [3.8, 4) is 11.5 Å². The van der Waals surface area contributed by atoms with Crippen LogP contribution in [0.25, 0.3) is 0 Å². The molecule has 7 heteroatoms. The van der Waals surface area contributed by atoms with Gasteiger partial charge >= 0.3 is 6.36 Å². The molecule has 0 saturated heterocycles. The molecule has 1 rings (SSSR count). The Morgan fingerprint density at radius 2 is 1.81 bits per heavy atom. The van der Waals surface area contributed by atoms with E-state index in [1.54, 1.807) is 13.1 Å². The van der Waals surface area contributed by atoms with E-state index in [0.717, 1.165) is 0 Å². The van der Waals surface area contributed by atoms with Crippen LogP contribution in [-0.4, -0.2) is 20.5 Å². The van der Waals surface area contributed by atoms with E-state index in [9.17, 15) is 13.2 Å². The zero-order valence-corrected chi connectivity index (χ0v) is 9.41. The van der Waals surface area contributed by atoms with Gasteiger partial charge in [0, 0.05) is 18.8 Å². The van der Waals surface area contributed by atoms with Gasteiger partial charge in [0.1, 0.15) is 0 Å². The van der Waals surface area contributed by atoms with Crippen LogP contribution in [0, 0.1) is 0 Å². The summed E-state index contributed by atoms with van der Waals surface area (Å²) in [4.78, 5) is 0. The Balaban J connectivity index is 0.00000225. The van der Waals surface area contributed by atoms with Crippen molar-refractivity contribution < 1.29 is 22.6 Å². The molecule has 0 heterocycles. The second-order valence-corrected chi connectivity index (χ2v) is 2.66. The first-order valence-electron chi connectivity index (χ1n) is 4.08. The fraction of sp³-hybridized carbons (Fsp3) is 0.333. The zero-order chi connectivity index (χ0) is 11.5. The van der Waals surface area contributed by atoms with Crippen molar-refractivity contribution in [2.24, 2.45) is 0 Å². The van der Waals surface area contributed by atoms with Gasteiger partial charge in [0.15, 0.2) is 11.5 Å². The van der Waals surface area contributed by atoms with Crippen molar-refractivity contribution in [1.82, 2.24) is 0 Å². The Morgan fingerprint density at radius 3 is 2.25 bits per heavy atom. The van der Waals surface area contributed by atoms with Gasteiger partial charge in [-0.1, -0.05) is 0 Å². The third-order valence-corrected chi connectivity index (χ3v) is 1.68. The quantitative estimate of drug-likeness (QED) is 0.903. The summed E-state index contributed by atoms with van der Waals surface area (Å²) in [6.45, 7) is 0. The zero-order valence-electron chi connectivity index (χ0n) is 8.59. The summed E-state index contributed by atoms with van der Waals surface area (Å²) in [5.41, 5.74) is 0.509. The number of rotatable bonds is 3. The lowest BCUT2D eigenvalue weighted by Gasteiger charge is -2.13. The second kappa shape index (κ2) is 5.69. The largest absolute Gasteiger partial charge is 0.573 e. The predicted molar refractivity (Wildman–Crippen MR) is 56.5 cm³/mol. The number of anilines is 1. The van der Waals surface area contributed by atoms with Gasteiger partial charge in [-0.05, 0) is 12.1 Å². The van der Waals surface area contributed by atoms with E-state index >= 15 is 0 Å². The Morgan fingerprint density at radius 1 is 1.19 bits per heavy atom. The van der Waals surface area contributed by atoms with Crippen LogP contribution in [0.1, 0.15) is 0 Å². The lowest BCUT2D eigenvalue weighted by atomic mass is 10.3. The van der Waals surface area contributed by atoms with E-state index in [1.165, 1.54) is 19.2 Å². The lowest BCUT2D eigenvalue weighted by molar-refractivity contribution is -0.275. The van der Waals surface area contributed by atoms with Gasteiger partial charge in [0.05, 0.1) is 7.11 Å². The summed E-state index contributed by atoms with van der Waals surface area (Å²) in [5.74, 6) is -0.330. The van der Waals surface area contributed by atoms with Crippen molar-refractivity contribution in [3.05, 3.63) is 18.2 Å². The van der Waals surface area contributed by atoms with Crippen LogP contribution in [0.2, 0.25) is 0 Å². The van der Waals surface area contributed by atoms with Crippen LogP contribution in [0.4, 0.5) is 18.9 Å². The van der Waals surface area contributed by atoms with Crippen molar-refractivity contribution in [2.45, 2.75) is 6.36 Å².